The molecule has 0 radical (unpaired) electrons. The normalized spacial score (nSPS) is 16.6. The van der Waals surface area contributed by atoms with Crippen molar-refractivity contribution in [3.8, 4) is 11.1 Å². The van der Waals surface area contributed by atoms with Gasteiger partial charge in [-0.3, -0.25) is 14.4 Å². The summed E-state index contributed by atoms with van der Waals surface area (Å²) in [5.74, 6) is -0.0509. The van der Waals surface area contributed by atoms with E-state index in [1.165, 1.54) is 0 Å². The van der Waals surface area contributed by atoms with Crippen LogP contribution in [0.3, 0.4) is 0 Å². The fourth-order valence-corrected chi connectivity index (χ4v) is 4.06. The molecule has 0 saturated carbocycles. The Hall–Kier alpha value is -2.86. The number of anilines is 1. The fraction of sp³-hybridized carbons (Fsp3) is 0.400. The molecule has 32 heavy (non-hydrogen) atoms. The maximum atomic E-state index is 13.5. The predicted octanol–water partition coefficient (Wildman–Crippen LogP) is 4.68. The summed E-state index contributed by atoms with van der Waals surface area (Å²) in [7, 11) is 0. The van der Waals surface area contributed by atoms with Crippen LogP contribution in [0.5, 0.6) is 0 Å². The van der Waals surface area contributed by atoms with Gasteiger partial charge in [0.25, 0.3) is 5.91 Å². The average molecular weight is 456 g/mol. The van der Waals surface area contributed by atoms with Crippen LogP contribution in [-0.2, 0) is 9.59 Å². The molecule has 1 fully saturated rings. The Morgan fingerprint density at radius 3 is 2.34 bits per heavy atom. The van der Waals surface area contributed by atoms with Crippen LogP contribution in [0.4, 0.5) is 5.69 Å². The van der Waals surface area contributed by atoms with Crippen molar-refractivity contribution in [1.29, 1.82) is 0 Å². The zero-order valence-electron chi connectivity index (χ0n) is 19.0. The first kappa shape index (κ1) is 23.8. The first-order valence-electron chi connectivity index (χ1n) is 10.8. The van der Waals surface area contributed by atoms with E-state index in [9.17, 15) is 14.4 Å². The van der Waals surface area contributed by atoms with E-state index in [4.69, 9.17) is 11.6 Å². The Kier molecular flexibility index (Phi) is 7.24. The summed E-state index contributed by atoms with van der Waals surface area (Å²) in [6.07, 6.45) is 1.05. The Labute approximate surface area is 194 Å². The Morgan fingerprint density at radius 1 is 1.09 bits per heavy atom. The number of nitrogens with one attached hydrogen (secondary N) is 1. The number of hydrogen-bond donors (Lipinski definition) is 1. The van der Waals surface area contributed by atoms with E-state index in [1.54, 1.807) is 29.2 Å². The SMILES string of the molecule is CC1CN(C(=O)CC(C)(C)C)CCN1C(=O)c1cc(-c2ccc(Cl)cc2)ccc1NC=O. The molecule has 1 saturated heterocycles. The number of rotatable bonds is 5. The number of halogens is 1. The van der Waals surface area contributed by atoms with Crippen molar-refractivity contribution < 1.29 is 14.4 Å². The Balaban J connectivity index is 1.83. The number of piperazine rings is 1. The number of carbonyl (C=O) groups excluding carboxylic acids is 3. The van der Waals surface area contributed by atoms with Gasteiger partial charge in [0, 0.05) is 37.1 Å². The van der Waals surface area contributed by atoms with Gasteiger partial charge in [-0.2, -0.15) is 0 Å². The highest BCUT2D eigenvalue weighted by molar-refractivity contribution is 6.30. The van der Waals surface area contributed by atoms with Gasteiger partial charge in [0.2, 0.25) is 12.3 Å². The second-order valence-electron chi connectivity index (χ2n) is 9.45. The minimum absolute atomic E-state index is 0.0786. The van der Waals surface area contributed by atoms with E-state index in [1.807, 2.05) is 50.8 Å². The van der Waals surface area contributed by atoms with Gasteiger partial charge in [-0.1, -0.05) is 50.6 Å². The van der Waals surface area contributed by atoms with E-state index < -0.39 is 0 Å². The molecule has 7 heteroatoms. The van der Waals surface area contributed by atoms with Gasteiger partial charge in [-0.05, 0) is 47.7 Å². The van der Waals surface area contributed by atoms with Gasteiger partial charge < -0.3 is 15.1 Å². The summed E-state index contributed by atoms with van der Waals surface area (Å²) in [5, 5.41) is 3.27. The van der Waals surface area contributed by atoms with Crippen molar-refractivity contribution in [3.63, 3.8) is 0 Å². The van der Waals surface area contributed by atoms with Crippen molar-refractivity contribution in [2.45, 2.75) is 40.2 Å². The number of carbonyl (C=O) groups is 3. The molecule has 6 nitrogen and oxygen atoms in total. The van der Waals surface area contributed by atoms with Crippen molar-refractivity contribution in [2.24, 2.45) is 5.41 Å². The van der Waals surface area contributed by atoms with Gasteiger partial charge in [-0.25, -0.2) is 0 Å². The topological polar surface area (TPSA) is 69.7 Å². The van der Waals surface area contributed by atoms with E-state index in [-0.39, 0.29) is 23.3 Å². The Morgan fingerprint density at radius 2 is 1.75 bits per heavy atom. The number of amides is 3. The highest BCUT2D eigenvalue weighted by atomic mass is 35.5. The molecule has 0 bridgehead atoms. The van der Waals surface area contributed by atoms with Crippen molar-refractivity contribution in [1.82, 2.24) is 9.80 Å². The standard InChI is InChI=1S/C25H30ClN3O3/c1-17-15-28(23(31)14-25(2,3)4)11-12-29(17)24(32)21-13-19(7-10-22(21)27-16-30)18-5-8-20(26)9-6-18/h5-10,13,16-17H,11-12,14-15H2,1-4H3,(H,27,30). The molecule has 0 aromatic heterocycles. The van der Waals surface area contributed by atoms with Crippen LogP contribution in [-0.4, -0.2) is 53.7 Å². The molecule has 0 aliphatic carbocycles. The van der Waals surface area contributed by atoms with Crippen molar-refractivity contribution in [2.75, 3.05) is 25.0 Å². The third-order valence-corrected chi connectivity index (χ3v) is 5.82. The van der Waals surface area contributed by atoms with E-state index in [0.29, 0.717) is 48.7 Å². The van der Waals surface area contributed by atoms with Crippen LogP contribution in [0, 0.1) is 5.41 Å². The first-order chi connectivity index (χ1) is 15.1. The molecule has 3 rings (SSSR count). The van der Waals surface area contributed by atoms with Gasteiger partial charge in [0.15, 0.2) is 0 Å². The average Bonchev–Trinajstić information content (AvgIpc) is 2.73. The molecular formula is C25H30ClN3O3. The molecule has 1 atom stereocenters. The second kappa shape index (κ2) is 9.74. The zero-order valence-corrected chi connectivity index (χ0v) is 19.8. The quantitative estimate of drug-likeness (QED) is 0.665. The molecule has 1 aliphatic rings. The van der Waals surface area contributed by atoms with Crippen molar-refractivity contribution >= 4 is 35.5 Å². The van der Waals surface area contributed by atoms with Crippen LogP contribution < -0.4 is 5.32 Å². The van der Waals surface area contributed by atoms with Gasteiger partial charge in [-0.15, -0.1) is 0 Å². The highest BCUT2D eigenvalue weighted by Gasteiger charge is 2.32. The molecule has 1 heterocycles. The smallest absolute Gasteiger partial charge is 0.256 e. The summed E-state index contributed by atoms with van der Waals surface area (Å²) in [6, 6.07) is 12.6. The lowest BCUT2D eigenvalue weighted by Gasteiger charge is -2.41. The second-order valence-corrected chi connectivity index (χ2v) is 9.89. The van der Waals surface area contributed by atoms with Gasteiger partial charge in [0.05, 0.1) is 11.3 Å². The molecule has 0 spiro atoms. The van der Waals surface area contributed by atoms with E-state index in [2.05, 4.69) is 5.32 Å². The molecule has 1 N–H and O–H groups in total. The van der Waals surface area contributed by atoms with Gasteiger partial charge in [0.1, 0.15) is 0 Å². The Bertz CT molecular complexity index is 998. The minimum atomic E-state index is -0.166. The third kappa shape index (κ3) is 5.68. The van der Waals surface area contributed by atoms with Crippen LogP contribution in [0.1, 0.15) is 44.5 Å². The maximum Gasteiger partial charge on any atom is 0.256 e. The number of hydrogen-bond acceptors (Lipinski definition) is 3. The number of nitrogens with zero attached hydrogens (tertiary/aromatic N) is 2. The lowest BCUT2D eigenvalue weighted by Crippen LogP contribution is -2.55. The molecule has 1 unspecified atom stereocenters. The maximum absolute atomic E-state index is 13.5. The summed E-state index contributed by atoms with van der Waals surface area (Å²) in [5.41, 5.74) is 2.58. The van der Waals surface area contributed by atoms with Gasteiger partial charge >= 0.3 is 0 Å². The molecule has 170 valence electrons. The van der Waals surface area contributed by atoms with Crippen LogP contribution in [0.2, 0.25) is 5.02 Å². The summed E-state index contributed by atoms with van der Waals surface area (Å²) in [4.78, 5) is 40.9. The molecule has 2 aromatic rings. The first-order valence-corrected chi connectivity index (χ1v) is 11.2. The minimum Gasteiger partial charge on any atom is -0.339 e. The monoisotopic (exact) mass is 455 g/mol. The summed E-state index contributed by atoms with van der Waals surface area (Å²) < 4.78 is 0. The summed E-state index contributed by atoms with van der Waals surface area (Å²) >= 11 is 6.00. The van der Waals surface area contributed by atoms with Crippen LogP contribution in [0.25, 0.3) is 11.1 Å². The summed E-state index contributed by atoms with van der Waals surface area (Å²) in [6.45, 7) is 9.52. The largest absolute Gasteiger partial charge is 0.339 e. The molecule has 3 amide bonds. The third-order valence-electron chi connectivity index (χ3n) is 5.56. The number of benzene rings is 2. The molecular weight excluding hydrogens is 426 g/mol. The molecule has 1 aliphatic heterocycles. The zero-order chi connectivity index (χ0) is 23.5. The van der Waals surface area contributed by atoms with Crippen LogP contribution in [0.15, 0.2) is 42.5 Å². The van der Waals surface area contributed by atoms with Crippen LogP contribution >= 0.6 is 11.6 Å². The molecule has 2 aromatic carbocycles. The lowest BCUT2D eigenvalue weighted by molar-refractivity contribution is -0.135. The highest BCUT2D eigenvalue weighted by Crippen LogP contribution is 2.29. The van der Waals surface area contributed by atoms with E-state index >= 15 is 0 Å². The lowest BCUT2D eigenvalue weighted by atomic mass is 9.91. The van der Waals surface area contributed by atoms with Crippen molar-refractivity contribution in [3.05, 3.63) is 53.1 Å². The van der Waals surface area contributed by atoms with E-state index in [0.717, 1.165) is 11.1 Å². The fourth-order valence-electron chi connectivity index (χ4n) is 3.94. The predicted molar refractivity (Wildman–Crippen MR) is 128 cm³/mol.